The monoisotopic (exact) mass is 384 g/mol. The molecule has 0 N–H and O–H groups in total. The van der Waals surface area contributed by atoms with Gasteiger partial charge in [0.25, 0.3) is 0 Å². The zero-order valence-corrected chi connectivity index (χ0v) is 19.4. The molecule has 2 heteroatoms. The van der Waals surface area contributed by atoms with Gasteiger partial charge in [-0.05, 0) is 25.2 Å². The zero-order chi connectivity index (χ0) is 20.0. The maximum Gasteiger partial charge on any atom is 0.0805 e. The van der Waals surface area contributed by atoms with Crippen molar-refractivity contribution in [1.29, 1.82) is 0 Å². The molecule has 2 nitrogen and oxygen atoms in total. The molecule has 27 heavy (non-hydrogen) atoms. The molecule has 0 aliphatic heterocycles. The van der Waals surface area contributed by atoms with Crippen LogP contribution in [0.3, 0.4) is 0 Å². The predicted octanol–water partition coefficient (Wildman–Crippen LogP) is 8.33. The lowest BCUT2D eigenvalue weighted by atomic mass is 9.99. The Labute approximate surface area is 172 Å². The van der Waals surface area contributed by atoms with Crippen molar-refractivity contribution in [2.45, 2.75) is 137 Å². The van der Waals surface area contributed by atoms with Gasteiger partial charge in [0, 0.05) is 13.2 Å². The van der Waals surface area contributed by atoms with Crippen LogP contribution in [0.5, 0.6) is 0 Å². The molecule has 2 atom stereocenters. The molecule has 0 aliphatic rings. The van der Waals surface area contributed by atoms with E-state index in [-0.39, 0.29) is 0 Å². The van der Waals surface area contributed by atoms with Gasteiger partial charge >= 0.3 is 0 Å². The van der Waals surface area contributed by atoms with Gasteiger partial charge in [0.1, 0.15) is 0 Å². The quantitative estimate of drug-likeness (QED) is 0.175. The Bertz CT molecular complexity index is 267. The number of rotatable bonds is 22. The first kappa shape index (κ1) is 26.9. The number of hydrogen-bond donors (Lipinski definition) is 0. The number of hydrogen-bond acceptors (Lipinski definition) is 2. The van der Waals surface area contributed by atoms with Crippen LogP contribution < -0.4 is 0 Å². The first-order chi connectivity index (χ1) is 13.2. The maximum absolute atomic E-state index is 5.84. The molecular formula is C25H52O2. The molecule has 0 aromatic carbocycles. The maximum atomic E-state index is 5.84. The molecule has 0 bridgehead atoms. The predicted molar refractivity (Wildman–Crippen MR) is 121 cm³/mol. The van der Waals surface area contributed by atoms with Gasteiger partial charge in [-0.25, -0.2) is 0 Å². The van der Waals surface area contributed by atoms with Crippen molar-refractivity contribution in [2.24, 2.45) is 5.92 Å². The van der Waals surface area contributed by atoms with Gasteiger partial charge < -0.3 is 9.47 Å². The summed E-state index contributed by atoms with van der Waals surface area (Å²) in [6.07, 6.45) is 21.9. The van der Waals surface area contributed by atoms with E-state index < -0.39 is 0 Å². The van der Waals surface area contributed by atoms with Crippen LogP contribution >= 0.6 is 0 Å². The molecule has 0 aromatic heterocycles. The third-order valence-corrected chi connectivity index (χ3v) is 5.79. The molecule has 0 saturated carbocycles. The van der Waals surface area contributed by atoms with Crippen LogP contribution in [0.1, 0.15) is 130 Å². The summed E-state index contributed by atoms with van der Waals surface area (Å²) in [6, 6.07) is 0. The highest BCUT2D eigenvalue weighted by Gasteiger charge is 2.06. The fourth-order valence-corrected chi connectivity index (χ4v) is 3.38. The van der Waals surface area contributed by atoms with Crippen LogP contribution in [-0.2, 0) is 9.47 Å². The molecule has 0 amide bonds. The lowest BCUT2D eigenvalue weighted by Gasteiger charge is -2.16. The Morgan fingerprint density at radius 2 is 1.15 bits per heavy atom. The van der Waals surface area contributed by atoms with E-state index in [2.05, 4.69) is 27.7 Å². The first-order valence-electron chi connectivity index (χ1n) is 12.4. The van der Waals surface area contributed by atoms with E-state index in [0.717, 1.165) is 38.6 Å². The van der Waals surface area contributed by atoms with E-state index in [1.165, 1.54) is 89.9 Å². The normalized spacial score (nSPS) is 13.8. The number of unbranched alkanes of at least 4 members (excludes halogenated alkanes) is 11. The highest BCUT2D eigenvalue weighted by molar-refractivity contribution is 4.54. The van der Waals surface area contributed by atoms with Gasteiger partial charge in [-0.15, -0.1) is 0 Å². The summed E-state index contributed by atoms with van der Waals surface area (Å²) < 4.78 is 11.6. The summed E-state index contributed by atoms with van der Waals surface area (Å²) in [5, 5.41) is 0. The molecule has 0 fully saturated rings. The molecule has 164 valence electrons. The molecular weight excluding hydrogens is 332 g/mol. The third-order valence-electron chi connectivity index (χ3n) is 5.79. The zero-order valence-electron chi connectivity index (χ0n) is 19.4. The van der Waals surface area contributed by atoms with E-state index in [0.29, 0.717) is 6.10 Å². The van der Waals surface area contributed by atoms with Crippen LogP contribution in [0.25, 0.3) is 0 Å². The minimum Gasteiger partial charge on any atom is -0.379 e. The minimum absolute atomic E-state index is 0.298. The van der Waals surface area contributed by atoms with E-state index in [1.54, 1.807) is 0 Å². The van der Waals surface area contributed by atoms with Gasteiger partial charge in [0.05, 0.1) is 12.7 Å². The van der Waals surface area contributed by atoms with Gasteiger partial charge in [-0.3, -0.25) is 0 Å². The van der Waals surface area contributed by atoms with Gasteiger partial charge in [-0.1, -0.05) is 111 Å². The molecule has 0 spiro atoms. The van der Waals surface area contributed by atoms with Crippen LogP contribution in [-0.4, -0.2) is 25.9 Å². The molecule has 0 radical (unpaired) electrons. The second kappa shape index (κ2) is 22.2. The van der Waals surface area contributed by atoms with Crippen LogP contribution in [0.15, 0.2) is 0 Å². The van der Waals surface area contributed by atoms with Crippen LogP contribution in [0.4, 0.5) is 0 Å². The van der Waals surface area contributed by atoms with Crippen molar-refractivity contribution >= 4 is 0 Å². The highest BCUT2D eigenvalue weighted by atomic mass is 16.5. The highest BCUT2D eigenvalue weighted by Crippen LogP contribution is 2.15. The van der Waals surface area contributed by atoms with Crippen molar-refractivity contribution < 1.29 is 9.47 Å². The van der Waals surface area contributed by atoms with Crippen molar-refractivity contribution in [3.63, 3.8) is 0 Å². The average molecular weight is 385 g/mol. The lowest BCUT2D eigenvalue weighted by Crippen LogP contribution is -2.20. The van der Waals surface area contributed by atoms with Crippen molar-refractivity contribution in [3.05, 3.63) is 0 Å². The molecule has 0 rings (SSSR count). The molecule has 0 aliphatic carbocycles. The summed E-state index contributed by atoms with van der Waals surface area (Å²) in [5.41, 5.74) is 0. The van der Waals surface area contributed by atoms with E-state index >= 15 is 0 Å². The number of ether oxygens (including phenoxy) is 2. The second-order valence-corrected chi connectivity index (χ2v) is 8.52. The topological polar surface area (TPSA) is 18.5 Å². The second-order valence-electron chi connectivity index (χ2n) is 8.52. The summed E-state index contributed by atoms with van der Waals surface area (Å²) >= 11 is 0. The molecule has 0 saturated heterocycles. The Kier molecular flexibility index (Phi) is 22.1. The van der Waals surface area contributed by atoms with Gasteiger partial charge in [-0.2, -0.15) is 0 Å². The van der Waals surface area contributed by atoms with Crippen LogP contribution in [0, 0.1) is 5.92 Å². The Hall–Kier alpha value is -0.0800. The standard InChI is InChI=1S/C25H52O2/c1-5-8-22-27-25(7-3)23-26-21-19-17-15-13-11-9-10-12-14-16-18-20-24(4)6-2/h24-25H,5-23H2,1-4H3. The first-order valence-corrected chi connectivity index (χ1v) is 12.4. The van der Waals surface area contributed by atoms with E-state index in [9.17, 15) is 0 Å². The molecule has 0 aromatic rings. The van der Waals surface area contributed by atoms with E-state index in [4.69, 9.17) is 9.47 Å². The summed E-state index contributed by atoms with van der Waals surface area (Å²) in [4.78, 5) is 0. The Morgan fingerprint density at radius 1 is 0.593 bits per heavy atom. The summed E-state index contributed by atoms with van der Waals surface area (Å²) in [7, 11) is 0. The van der Waals surface area contributed by atoms with Gasteiger partial charge in [0.2, 0.25) is 0 Å². The smallest absolute Gasteiger partial charge is 0.0805 e. The SMILES string of the molecule is CCCCOC(CC)COCCCCCCCCCCCCCC(C)CC. The Balaban J connectivity index is 3.18. The summed E-state index contributed by atoms with van der Waals surface area (Å²) in [6.45, 7) is 11.7. The molecule has 2 unspecified atom stereocenters. The Morgan fingerprint density at radius 3 is 1.67 bits per heavy atom. The summed E-state index contributed by atoms with van der Waals surface area (Å²) in [5.74, 6) is 0.933. The van der Waals surface area contributed by atoms with E-state index in [1.807, 2.05) is 0 Å². The lowest BCUT2D eigenvalue weighted by molar-refractivity contribution is -0.0197. The van der Waals surface area contributed by atoms with Crippen molar-refractivity contribution in [1.82, 2.24) is 0 Å². The van der Waals surface area contributed by atoms with Crippen LogP contribution in [0.2, 0.25) is 0 Å². The third kappa shape index (κ3) is 20.5. The largest absolute Gasteiger partial charge is 0.379 e. The fraction of sp³-hybridized carbons (Fsp3) is 1.00. The van der Waals surface area contributed by atoms with Crippen molar-refractivity contribution in [3.8, 4) is 0 Å². The average Bonchev–Trinajstić information content (AvgIpc) is 2.69. The fourth-order valence-electron chi connectivity index (χ4n) is 3.38. The molecule has 0 heterocycles. The van der Waals surface area contributed by atoms with Gasteiger partial charge in [0.15, 0.2) is 0 Å². The minimum atomic E-state index is 0.298. The van der Waals surface area contributed by atoms with Crippen molar-refractivity contribution in [2.75, 3.05) is 19.8 Å².